The molecule has 130 valence electrons. The van der Waals surface area contributed by atoms with Gasteiger partial charge in [-0.05, 0) is 32.0 Å². The highest BCUT2D eigenvalue weighted by Crippen LogP contribution is 2.11. The molecule has 2 aromatic rings. The van der Waals surface area contributed by atoms with Crippen molar-refractivity contribution >= 4 is 0 Å². The van der Waals surface area contributed by atoms with Gasteiger partial charge in [-0.15, -0.1) is 0 Å². The number of hydrogen-bond acceptors (Lipinski definition) is 3. The maximum absolute atomic E-state index is 10.5. The molecule has 1 N–H and O–H groups in total. The van der Waals surface area contributed by atoms with Gasteiger partial charge in [-0.2, -0.15) is 0 Å². The van der Waals surface area contributed by atoms with E-state index in [0.29, 0.717) is 19.1 Å². The summed E-state index contributed by atoms with van der Waals surface area (Å²) in [5.41, 5.74) is 2.55. The fraction of sp³-hybridized carbons (Fsp3) is 0.429. The first kappa shape index (κ1) is 18.7. The van der Waals surface area contributed by atoms with Crippen LogP contribution in [0.5, 0.6) is 0 Å². The van der Waals surface area contributed by atoms with E-state index in [1.54, 1.807) is 0 Å². The first-order valence-electron chi connectivity index (χ1n) is 8.73. The van der Waals surface area contributed by atoms with E-state index < -0.39 is 0 Å². The van der Waals surface area contributed by atoms with E-state index in [-0.39, 0.29) is 6.10 Å². The molecule has 3 heteroatoms. The highest BCUT2D eigenvalue weighted by Gasteiger charge is 2.16. The molecule has 2 rings (SSSR count). The topological polar surface area (TPSA) is 26.7 Å². The Hall–Kier alpha value is -1.68. The van der Waals surface area contributed by atoms with E-state index in [1.807, 2.05) is 12.1 Å². The second kappa shape index (κ2) is 9.58. The third-order valence-corrected chi connectivity index (χ3v) is 4.35. The normalized spacial score (nSPS) is 13.0. The Labute approximate surface area is 146 Å². The molecular weight excluding hydrogens is 296 g/mol. The fourth-order valence-corrected chi connectivity index (χ4v) is 2.77. The molecule has 0 aliphatic heterocycles. The van der Waals surface area contributed by atoms with Crippen LogP contribution >= 0.6 is 0 Å². The summed E-state index contributed by atoms with van der Waals surface area (Å²) in [5.74, 6) is 0. The van der Waals surface area contributed by atoms with E-state index in [2.05, 4.69) is 79.2 Å². The van der Waals surface area contributed by atoms with Crippen molar-refractivity contribution in [2.45, 2.75) is 39.1 Å². The number of aliphatic hydroxyl groups is 1. The average molecular weight is 326 g/mol. The van der Waals surface area contributed by atoms with Crippen LogP contribution in [0, 0.1) is 0 Å². The van der Waals surface area contributed by atoms with Gasteiger partial charge in [0.25, 0.3) is 0 Å². The lowest BCUT2D eigenvalue weighted by atomic mass is 10.1. The Morgan fingerprint density at radius 1 is 0.792 bits per heavy atom. The van der Waals surface area contributed by atoms with Gasteiger partial charge in [0, 0.05) is 32.2 Å². The van der Waals surface area contributed by atoms with Crippen LogP contribution in [0.1, 0.15) is 25.0 Å². The highest BCUT2D eigenvalue weighted by atomic mass is 16.3. The van der Waals surface area contributed by atoms with Gasteiger partial charge in [-0.1, -0.05) is 60.7 Å². The Morgan fingerprint density at radius 2 is 1.25 bits per heavy atom. The SMILES string of the molecule is CC(C)N(C)CC(O)CN(Cc1ccccc1)Cc1ccccc1. The smallest absolute Gasteiger partial charge is 0.0794 e. The van der Waals surface area contributed by atoms with Crippen LogP contribution in [-0.4, -0.2) is 47.2 Å². The summed E-state index contributed by atoms with van der Waals surface area (Å²) in [6.45, 7) is 7.35. The van der Waals surface area contributed by atoms with Gasteiger partial charge in [0.15, 0.2) is 0 Å². The number of hydrogen-bond donors (Lipinski definition) is 1. The molecule has 0 saturated carbocycles. The Kier molecular flexibility index (Phi) is 7.44. The van der Waals surface area contributed by atoms with Gasteiger partial charge < -0.3 is 10.0 Å². The third-order valence-electron chi connectivity index (χ3n) is 4.35. The zero-order chi connectivity index (χ0) is 17.4. The zero-order valence-electron chi connectivity index (χ0n) is 15.1. The molecule has 0 saturated heterocycles. The molecular formula is C21H30N2O. The lowest BCUT2D eigenvalue weighted by molar-refractivity contribution is 0.0678. The molecule has 0 spiro atoms. The second-order valence-corrected chi connectivity index (χ2v) is 6.83. The van der Waals surface area contributed by atoms with Gasteiger partial charge in [-0.3, -0.25) is 4.90 Å². The summed E-state index contributed by atoms with van der Waals surface area (Å²) < 4.78 is 0. The summed E-state index contributed by atoms with van der Waals surface area (Å²) in [4.78, 5) is 4.51. The summed E-state index contributed by atoms with van der Waals surface area (Å²) in [6, 6.07) is 21.4. The van der Waals surface area contributed by atoms with Crippen molar-refractivity contribution in [1.82, 2.24) is 9.80 Å². The molecule has 0 radical (unpaired) electrons. The van der Waals surface area contributed by atoms with Crippen molar-refractivity contribution in [3.63, 3.8) is 0 Å². The fourth-order valence-electron chi connectivity index (χ4n) is 2.77. The molecule has 0 aromatic heterocycles. The molecule has 3 nitrogen and oxygen atoms in total. The van der Waals surface area contributed by atoms with Crippen molar-refractivity contribution in [1.29, 1.82) is 0 Å². The third kappa shape index (κ3) is 6.44. The van der Waals surface area contributed by atoms with Crippen LogP contribution in [0.2, 0.25) is 0 Å². The zero-order valence-corrected chi connectivity index (χ0v) is 15.1. The van der Waals surface area contributed by atoms with Gasteiger partial charge in [0.1, 0.15) is 0 Å². The molecule has 0 aliphatic carbocycles. The summed E-state index contributed by atoms with van der Waals surface area (Å²) in [7, 11) is 2.06. The Bertz CT molecular complexity index is 529. The van der Waals surface area contributed by atoms with Crippen molar-refractivity contribution in [2.24, 2.45) is 0 Å². The molecule has 0 aliphatic rings. The first-order valence-corrected chi connectivity index (χ1v) is 8.73. The Morgan fingerprint density at radius 3 is 1.67 bits per heavy atom. The lowest BCUT2D eigenvalue weighted by Crippen LogP contribution is -2.40. The molecule has 1 atom stereocenters. The van der Waals surface area contributed by atoms with E-state index in [0.717, 1.165) is 13.1 Å². The standard InChI is InChI=1S/C21H30N2O/c1-18(2)22(3)16-21(24)17-23(14-19-10-6-4-7-11-19)15-20-12-8-5-9-13-20/h4-13,18,21,24H,14-17H2,1-3H3. The largest absolute Gasteiger partial charge is 0.390 e. The average Bonchev–Trinajstić information content (AvgIpc) is 2.56. The van der Waals surface area contributed by atoms with Gasteiger partial charge in [0.05, 0.1) is 6.10 Å². The summed E-state index contributed by atoms with van der Waals surface area (Å²) in [6.07, 6.45) is -0.357. The van der Waals surface area contributed by atoms with Crippen molar-refractivity contribution in [3.8, 4) is 0 Å². The maximum Gasteiger partial charge on any atom is 0.0794 e. The number of benzene rings is 2. The second-order valence-electron chi connectivity index (χ2n) is 6.83. The monoisotopic (exact) mass is 326 g/mol. The quantitative estimate of drug-likeness (QED) is 0.765. The minimum atomic E-state index is -0.357. The van der Waals surface area contributed by atoms with Crippen molar-refractivity contribution < 1.29 is 5.11 Å². The molecule has 1 unspecified atom stereocenters. The predicted octanol–water partition coefficient (Wildman–Crippen LogP) is 3.39. The minimum absolute atomic E-state index is 0.357. The van der Waals surface area contributed by atoms with Gasteiger partial charge >= 0.3 is 0 Å². The lowest BCUT2D eigenvalue weighted by Gasteiger charge is -2.29. The summed E-state index contributed by atoms with van der Waals surface area (Å²) in [5, 5.41) is 10.5. The van der Waals surface area contributed by atoms with E-state index in [4.69, 9.17) is 0 Å². The van der Waals surface area contributed by atoms with Crippen LogP contribution in [0.4, 0.5) is 0 Å². The van der Waals surface area contributed by atoms with E-state index >= 15 is 0 Å². The highest BCUT2D eigenvalue weighted by molar-refractivity contribution is 5.17. The van der Waals surface area contributed by atoms with Crippen LogP contribution < -0.4 is 0 Å². The number of rotatable bonds is 9. The molecule has 0 heterocycles. The van der Waals surface area contributed by atoms with Crippen LogP contribution in [0.3, 0.4) is 0 Å². The number of aliphatic hydroxyl groups excluding tert-OH is 1. The molecule has 2 aromatic carbocycles. The van der Waals surface area contributed by atoms with Crippen molar-refractivity contribution in [3.05, 3.63) is 71.8 Å². The maximum atomic E-state index is 10.5. The molecule has 0 fully saturated rings. The number of likely N-dealkylation sites (N-methyl/N-ethyl adjacent to an activating group) is 1. The van der Waals surface area contributed by atoms with E-state index in [1.165, 1.54) is 11.1 Å². The van der Waals surface area contributed by atoms with Crippen molar-refractivity contribution in [2.75, 3.05) is 20.1 Å². The molecule has 24 heavy (non-hydrogen) atoms. The van der Waals surface area contributed by atoms with Crippen LogP contribution in [0.25, 0.3) is 0 Å². The number of nitrogens with zero attached hydrogens (tertiary/aromatic N) is 2. The minimum Gasteiger partial charge on any atom is -0.390 e. The molecule has 0 bridgehead atoms. The molecule has 0 amide bonds. The van der Waals surface area contributed by atoms with Gasteiger partial charge in [0.2, 0.25) is 0 Å². The summed E-state index contributed by atoms with van der Waals surface area (Å²) >= 11 is 0. The predicted molar refractivity (Wildman–Crippen MR) is 101 cm³/mol. The van der Waals surface area contributed by atoms with Gasteiger partial charge in [-0.25, -0.2) is 0 Å². The Balaban J connectivity index is 2.01. The van der Waals surface area contributed by atoms with Crippen LogP contribution in [-0.2, 0) is 13.1 Å². The van der Waals surface area contributed by atoms with E-state index in [9.17, 15) is 5.11 Å². The first-order chi connectivity index (χ1) is 11.5. The van der Waals surface area contributed by atoms with Crippen LogP contribution in [0.15, 0.2) is 60.7 Å².